The molecule has 0 spiro atoms. The summed E-state index contributed by atoms with van der Waals surface area (Å²) in [4.78, 5) is 2.31. The van der Waals surface area contributed by atoms with Crippen molar-refractivity contribution in [2.75, 3.05) is 18.5 Å². The minimum Gasteiger partial charge on any atom is -0.371 e. The molecule has 1 aromatic rings. The van der Waals surface area contributed by atoms with Gasteiger partial charge in [0.25, 0.3) is 0 Å². The molecule has 118 valence electrons. The number of anilines is 1. The summed E-state index contributed by atoms with van der Waals surface area (Å²) >= 11 is 0. The minimum absolute atomic E-state index is 0.0949. The van der Waals surface area contributed by atoms with E-state index in [9.17, 15) is 4.39 Å². The van der Waals surface area contributed by atoms with Crippen molar-refractivity contribution in [3.05, 3.63) is 29.6 Å². The molecule has 1 saturated carbocycles. The second kappa shape index (κ2) is 7.79. The van der Waals surface area contributed by atoms with E-state index in [1.807, 2.05) is 6.07 Å². The van der Waals surface area contributed by atoms with Crippen LogP contribution in [0.1, 0.15) is 51.5 Å². The van der Waals surface area contributed by atoms with Crippen molar-refractivity contribution in [1.29, 1.82) is 0 Å². The van der Waals surface area contributed by atoms with Crippen LogP contribution >= 0.6 is 0 Å². The van der Waals surface area contributed by atoms with Crippen molar-refractivity contribution in [1.82, 2.24) is 5.32 Å². The smallest absolute Gasteiger partial charge is 0.129 e. The number of halogens is 1. The number of hydrogen-bond donors (Lipinski definition) is 1. The third-order valence-corrected chi connectivity index (χ3v) is 4.97. The van der Waals surface area contributed by atoms with Gasteiger partial charge in [-0.15, -0.1) is 0 Å². The van der Waals surface area contributed by atoms with E-state index in [1.165, 1.54) is 32.1 Å². The lowest BCUT2D eigenvalue weighted by molar-refractivity contribution is 0.313. The monoisotopic (exact) mass is 292 g/mol. The average Bonchev–Trinajstić information content (AvgIpc) is 2.53. The molecule has 1 N–H and O–H groups in total. The van der Waals surface area contributed by atoms with E-state index in [1.54, 1.807) is 6.07 Å². The summed E-state index contributed by atoms with van der Waals surface area (Å²) < 4.78 is 14.2. The topological polar surface area (TPSA) is 15.3 Å². The maximum Gasteiger partial charge on any atom is 0.129 e. The van der Waals surface area contributed by atoms with Gasteiger partial charge in [0.1, 0.15) is 5.82 Å². The largest absolute Gasteiger partial charge is 0.371 e. The van der Waals surface area contributed by atoms with Gasteiger partial charge in [-0.1, -0.05) is 26.3 Å². The van der Waals surface area contributed by atoms with Crippen molar-refractivity contribution >= 4 is 5.69 Å². The zero-order valence-corrected chi connectivity index (χ0v) is 13.7. The van der Waals surface area contributed by atoms with Gasteiger partial charge < -0.3 is 10.2 Å². The van der Waals surface area contributed by atoms with Gasteiger partial charge in [-0.25, -0.2) is 4.39 Å². The molecule has 0 bridgehead atoms. The normalized spacial score (nSPS) is 22.3. The Kier molecular flexibility index (Phi) is 6.04. The molecule has 0 saturated heterocycles. The Labute approximate surface area is 128 Å². The first-order valence-corrected chi connectivity index (χ1v) is 8.38. The highest BCUT2D eigenvalue weighted by atomic mass is 19.1. The van der Waals surface area contributed by atoms with Crippen LogP contribution in [0, 0.1) is 11.7 Å². The van der Waals surface area contributed by atoms with E-state index in [-0.39, 0.29) is 5.82 Å². The van der Waals surface area contributed by atoms with Crippen LogP contribution in [-0.2, 0) is 6.54 Å². The van der Waals surface area contributed by atoms with E-state index in [0.29, 0.717) is 12.6 Å². The van der Waals surface area contributed by atoms with Crippen LogP contribution in [-0.4, -0.2) is 19.6 Å². The fraction of sp³-hybridized carbons (Fsp3) is 0.667. The first-order valence-electron chi connectivity index (χ1n) is 8.38. The van der Waals surface area contributed by atoms with E-state index in [4.69, 9.17) is 0 Å². The van der Waals surface area contributed by atoms with Crippen LogP contribution in [0.25, 0.3) is 0 Å². The lowest BCUT2D eigenvalue weighted by Gasteiger charge is -2.36. The molecule has 0 radical (unpaired) electrons. The third kappa shape index (κ3) is 3.97. The lowest BCUT2D eigenvalue weighted by Crippen LogP contribution is -2.36. The van der Waals surface area contributed by atoms with Crippen molar-refractivity contribution in [3.63, 3.8) is 0 Å². The molecule has 0 unspecified atom stereocenters. The Morgan fingerprint density at radius 2 is 1.90 bits per heavy atom. The zero-order valence-electron chi connectivity index (χ0n) is 13.7. The minimum atomic E-state index is -0.0949. The molecular formula is C18H29FN2. The molecule has 21 heavy (non-hydrogen) atoms. The SMILES string of the molecule is CCNCc1c(F)cccc1N(C)C1CCC(CC)CC1. The summed E-state index contributed by atoms with van der Waals surface area (Å²) in [5.41, 5.74) is 1.86. The quantitative estimate of drug-likeness (QED) is 0.839. The van der Waals surface area contributed by atoms with E-state index < -0.39 is 0 Å². The molecule has 2 rings (SSSR count). The molecule has 0 atom stereocenters. The Bertz CT molecular complexity index is 439. The summed E-state index contributed by atoms with van der Waals surface area (Å²) in [5.74, 6) is 0.797. The summed E-state index contributed by atoms with van der Waals surface area (Å²) in [6.07, 6.45) is 6.37. The van der Waals surface area contributed by atoms with Crippen LogP contribution < -0.4 is 10.2 Å². The third-order valence-electron chi connectivity index (χ3n) is 4.97. The Morgan fingerprint density at radius 3 is 2.52 bits per heavy atom. The fourth-order valence-electron chi connectivity index (χ4n) is 3.44. The highest BCUT2D eigenvalue weighted by Gasteiger charge is 2.24. The number of nitrogens with one attached hydrogen (secondary N) is 1. The highest BCUT2D eigenvalue weighted by Crippen LogP contribution is 2.33. The average molecular weight is 292 g/mol. The standard InChI is InChI=1S/C18H29FN2/c1-4-14-9-11-15(12-10-14)21(3)18-8-6-7-17(19)16(18)13-20-5-2/h6-8,14-15,20H,4-5,9-13H2,1-3H3. The van der Waals surface area contributed by atoms with Gasteiger partial charge in [0.15, 0.2) is 0 Å². The van der Waals surface area contributed by atoms with Crippen LogP contribution in [0.2, 0.25) is 0 Å². The Balaban J connectivity index is 2.11. The molecule has 3 heteroatoms. The summed E-state index contributed by atoms with van der Waals surface area (Å²) in [5, 5.41) is 3.25. The molecule has 1 fully saturated rings. The molecule has 0 amide bonds. The van der Waals surface area contributed by atoms with Gasteiger partial charge >= 0.3 is 0 Å². The highest BCUT2D eigenvalue weighted by molar-refractivity contribution is 5.54. The lowest BCUT2D eigenvalue weighted by atomic mass is 9.84. The number of rotatable bonds is 6. The van der Waals surface area contributed by atoms with Gasteiger partial charge in [0, 0.05) is 30.9 Å². The summed E-state index contributed by atoms with van der Waals surface area (Å²) in [7, 11) is 2.13. The molecule has 1 aliphatic rings. The number of hydrogen-bond acceptors (Lipinski definition) is 2. The van der Waals surface area contributed by atoms with Crippen LogP contribution in [0.5, 0.6) is 0 Å². The molecule has 2 nitrogen and oxygen atoms in total. The summed E-state index contributed by atoms with van der Waals surface area (Å²) in [6.45, 7) is 5.80. The summed E-state index contributed by atoms with van der Waals surface area (Å²) in [6, 6.07) is 6.00. The predicted octanol–water partition coefficient (Wildman–Crippen LogP) is 4.34. The zero-order chi connectivity index (χ0) is 15.2. The van der Waals surface area contributed by atoms with Gasteiger partial charge in [0.05, 0.1) is 0 Å². The molecule has 0 heterocycles. The maximum absolute atomic E-state index is 14.2. The van der Waals surface area contributed by atoms with Gasteiger partial charge in [-0.3, -0.25) is 0 Å². The fourth-order valence-corrected chi connectivity index (χ4v) is 3.44. The van der Waals surface area contributed by atoms with Crippen LogP contribution in [0.15, 0.2) is 18.2 Å². The Hall–Kier alpha value is -1.09. The Morgan fingerprint density at radius 1 is 1.19 bits per heavy atom. The first-order chi connectivity index (χ1) is 10.2. The van der Waals surface area contributed by atoms with Crippen molar-refractivity contribution in [3.8, 4) is 0 Å². The first kappa shape index (κ1) is 16.3. The number of nitrogens with zero attached hydrogens (tertiary/aromatic N) is 1. The van der Waals surface area contributed by atoms with Crippen molar-refractivity contribution in [2.45, 2.75) is 58.5 Å². The number of benzene rings is 1. The molecule has 0 aromatic heterocycles. The van der Waals surface area contributed by atoms with Gasteiger partial charge in [-0.05, 0) is 50.3 Å². The second-order valence-electron chi connectivity index (χ2n) is 6.21. The predicted molar refractivity (Wildman–Crippen MR) is 88.2 cm³/mol. The van der Waals surface area contributed by atoms with Crippen LogP contribution in [0.3, 0.4) is 0 Å². The van der Waals surface area contributed by atoms with Crippen molar-refractivity contribution in [2.24, 2.45) is 5.92 Å². The molecule has 1 aromatic carbocycles. The van der Waals surface area contributed by atoms with Gasteiger partial charge in [-0.2, -0.15) is 0 Å². The van der Waals surface area contributed by atoms with Crippen molar-refractivity contribution < 1.29 is 4.39 Å². The van der Waals surface area contributed by atoms with E-state index in [0.717, 1.165) is 23.7 Å². The second-order valence-corrected chi connectivity index (χ2v) is 6.21. The molecule has 1 aliphatic carbocycles. The van der Waals surface area contributed by atoms with Gasteiger partial charge in [0.2, 0.25) is 0 Å². The van der Waals surface area contributed by atoms with E-state index >= 15 is 0 Å². The molecular weight excluding hydrogens is 263 g/mol. The van der Waals surface area contributed by atoms with Crippen LogP contribution in [0.4, 0.5) is 10.1 Å². The maximum atomic E-state index is 14.2. The van der Waals surface area contributed by atoms with E-state index in [2.05, 4.69) is 37.2 Å². The molecule has 0 aliphatic heterocycles.